The molecule has 17 heavy (non-hydrogen) atoms. The van der Waals surface area contributed by atoms with Crippen LogP contribution in [0.15, 0.2) is 0 Å². The molecule has 1 heteroatoms. The monoisotopic (exact) mass is 304 g/mol. The van der Waals surface area contributed by atoms with Crippen LogP contribution in [0.1, 0.15) is 90.9 Å². The molecule has 0 rings (SSSR count). The number of hydrogen-bond acceptors (Lipinski definition) is 0. The molecule has 0 atom stereocenters. The van der Waals surface area contributed by atoms with Gasteiger partial charge in [0.2, 0.25) is 0 Å². The molecule has 0 aromatic carbocycles. The van der Waals surface area contributed by atoms with Crippen LogP contribution in [0.5, 0.6) is 0 Å². The van der Waals surface area contributed by atoms with E-state index in [1.54, 1.807) is 0 Å². The van der Waals surface area contributed by atoms with Gasteiger partial charge in [-0.2, -0.15) is 0 Å². The molecule has 0 amide bonds. The summed E-state index contributed by atoms with van der Waals surface area (Å²) in [6, 6.07) is 0. The molecule has 0 unspecified atom stereocenters. The highest BCUT2D eigenvalue weighted by atomic mass is 79.9. The molecule has 0 fully saturated rings. The van der Waals surface area contributed by atoms with Gasteiger partial charge in [0.1, 0.15) is 0 Å². The van der Waals surface area contributed by atoms with Crippen LogP contribution in [-0.2, 0) is 0 Å². The van der Waals surface area contributed by atoms with E-state index in [-0.39, 0.29) is 0 Å². The van der Waals surface area contributed by atoms with E-state index in [9.17, 15) is 0 Å². The molecule has 0 radical (unpaired) electrons. The molecule has 0 saturated heterocycles. The van der Waals surface area contributed by atoms with Gasteiger partial charge in [-0.05, 0) is 18.8 Å². The van der Waals surface area contributed by atoms with Crippen molar-refractivity contribution in [2.75, 3.05) is 5.33 Å². The highest BCUT2D eigenvalue weighted by molar-refractivity contribution is 9.09. The summed E-state index contributed by atoms with van der Waals surface area (Å²) < 4.78 is 0. The number of halogens is 1. The lowest BCUT2D eigenvalue weighted by atomic mass is 9.96. The van der Waals surface area contributed by atoms with Crippen LogP contribution in [0, 0.1) is 5.92 Å². The molecule has 0 heterocycles. The highest BCUT2D eigenvalue weighted by Crippen LogP contribution is 2.20. The van der Waals surface area contributed by atoms with Crippen LogP contribution >= 0.6 is 15.9 Å². The standard InChI is InChI=1S/C16H33Br/c1-3-5-7-9-11-13-16(15-17)14-12-10-8-6-4-2/h16H,3-15H2,1-2H3. The Kier molecular flexibility index (Phi) is 15.0. The minimum Gasteiger partial charge on any atom is -0.0925 e. The maximum absolute atomic E-state index is 3.68. The molecule has 0 aromatic rings. The second-order valence-corrected chi connectivity index (χ2v) is 6.07. The third kappa shape index (κ3) is 12.7. The molecule has 104 valence electrons. The number of alkyl halides is 1. The zero-order chi connectivity index (χ0) is 12.8. The number of rotatable bonds is 13. The van der Waals surface area contributed by atoms with E-state index < -0.39 is 0 Å². The van der Waals surface area contributed by atoms with E-state index in [2.05, 4.69) is 29.8 Å². The lowest BCUT2D eigenvalue weighted by molar-refractivity contribution is 0.441. The van der Waals surface area contributed by atoms with Gasteiger partial charge in [0.05, 0.1) is 0 Å². The van der Waals surface area contributed by atoms with Crippen LogP contribution in [0.4, 0.5) is 0 Å². The van der Waals surface area contributed by atoms with Gasteiger partial charge in [-0.15, -0.1) is 0 Å². The van der Waals surface area contributed by atoms with Crippen molar-refractivity contribution in [3.05, 3.63) is 0 Å². The van der Waals surface area contributed by atoms with Crippen LogP contribution in [-0.4, -0.2) is 5.33 Å². The van der Waals surface area contributed by atoms with E-state index in [4.69, 9.17) is 0 Å². The van der Waals surface area contributed by atoms with Crippen molar-refractivity contribution in [2.45, 2.75) is 90.9 Å². The second kappa shape index (κ2) is 14.5. The van der Waals surface area contributed by atoms with Gasteiger partial charge < -0.3 is 0 Å². The SMILES string of the molecule is CCCCCCCC(CBr)CCCCCCC. The molecule has 0 aliphatic heterocycles. The van der Waals surface area contributed by atoms with Gasteiger partial charge >= 0.3 is 0 Å². The molecular formula is C16H33Br. The average Bonchev–Trinajstić information content (AvgIpc) is 2.36. The van der Waals surface area contributed by atoms with Crippen LogP contribution < -0.4 is 0 Å². The van der Waals surface area contributed by atoms with E-state index in [1.165, 1.54) is 82.4 Å². The Balaban J connectivity index is 3.30. The molecule has 0 nitrogen and oxygen atoms in total. The van der Waals surface area contributed by atoms with E-state index >= 15 is 0 Å². The summed E-state index contributed by atoms with van der Waals surface area (Å²) in [6.07, 6.45) is 17.2. The Morgan fingerprint density at radius 3 is 1.41 bits per heavy atom. The first kappa shape index (κ1) is 17.5. The first-order valence-electron chi connectivity index (χ1n) is 7.91. The largest absolute Gasteiger partial charge is 0.0925 e. The third-order valence-electron chi connectivity index (χ3n) is 3.65. The van der Waals surface area contributed by atoms with Crippen LogP contribution in [0.2, 0.25) is 0 Å². The quantitative estimate of drug-likeness (QED) is 0.262. The van der Waals surface area contributed by atoms with Crippen LogP contribution in [0.25, 0.3) is 0 Å². The fourth-order valence-corrected chi connectivity index (χ4v) is 3.02. The maximum atomic E-state index is 3.68. The zero-order valence-electron chi connectivity index (χ0n) is 12.1. The number of unbranched alkanes of at least 4 members (excludes halogenated alkanes) is 8. The Labute approximate surface area is 118 Å². The van der Waals surface area contributed by atoms with Crippen molar-refractivity contribution in [3.63, 3.8) is 0 Å². The van der Waals surface area contributed by atoms with E-state index in [0.717, 1.165) is 5.92 Å². The highest BCUT2D eigenvalue weighted by Gasteiger charge is 2.06. The van der Waals surface area contributed by atoms with Crippen molar-refractivity contribution in [1.29, 1.82) is 0 Å². The van der Waals surface area contributed by atoms with Crippen molar-refractivity contribution in [3.8, 4) is 0 Å². The van der Waals surface area contributed by atoms with Gasteiger partial charge in [0.25, 0.3) is 0 Å². The first-order valence-corrected chi connectivity index (χ1v) is 9.03. The van der Waals surface area contributed by atoms with E-state index in [0.29, 0.717) is 0 Å². The predicted molar refractivity (Wildman–Crippen MR) is 84.0 cm³/mol. The molecule has 0 spiro atoms. The second-order valence-electron chi connectivity index (χ2n) is 5.43. The Bertz CT molecular complexity index is 119. The maximum Gasteiger partial charge on any atom is 0.00596 e. The number of hydrogen-bond donors (Lipinski definition) is 0. The minimum atomic E-state index is 0.943. The van der Waals surface area contributed by atoms with Gasteiger partial charge in [0, 0.05) is 5.33 Å². The van der Waals surface area contributed by atoms with Crippen LogP contribution in [0.3, 0.4) is 0 Å². The summed E-state index contributed by atoms with van der Waals surface area (Å²) in [7, 11) is 0. The van der Waals surface area contributed by atoms with E-state index in [1.807, 2.05) is 0 Å². The Morgan fingerprint density at radius 2 is 1.06 bits per heavy atom. The predicted octanol–water partition coefficient (Wildman–Crippen LogP) is 6.72. The molecule has 0 aliphatic rings. The fourth-order valence-electron chi connectivity index (χ4n) is 2.37. The summed E-state index contributed by atoms with van der Waals surface area (Å²) in [5.41, 5.74) is 0. The summed E-state index contributed by atoms with van der Waals surface area (Å²) in [5.74, 6) is 0.943. The Morgan fingerprint density at radius 1 is 0.647 bits per heavy atom. The summed E-state index contributed by atoms with van der Waals surface area (Å²) >= 11 is 3.68. The zero-order valence-corrected chi connectivity index (χ0v) is 13.7. The molecule has 0 aromatic heterocycles. The smallest absolute Gasteiger partial charge is 0.00596 e. The fraction of sp³-hybridized carbons (Fsp3) is 1.00. The average molecular weight is 305 g/mol. The summed E-state index contributed by atoms with van der Waals surface area (Å²) in [6.45, 7) is 4.58. The molecular weight excluding hydrogens is 272 g/mol. The van der Waals surface area contributed by atoms with Gasteiger partial charge in [-0.25, -0.2) is 0 Å². The normalized spacial score (nSPS) is 11.3. The van der Waals surface area contributed by atoms with Crippen molar-refractivity contribution >= 4 is 15.9 Å². The molecule has 0 bridgehead atoms. The van der Waals surface area contributed by atoms with Crippen molar-refractivity contribution in [2.24, 2.45) is 5.92 Å². The first-order chi connectivity index (χ1) is 8.35. The van der Waals surface area contributed by atoms with Gasteiger partial charge in [-0.1, -0.05) is 94.0 Å². The van der Waals surface area contributed by atoms with Gasteiger partial charge in [0.15, 0.2) is 0 Å². The Hall–Kier alpha value is 0.480. The molecule has 0 aliphatic carbocycles. The molecule has 0 saturated carbocycles. The molecule has 0 N–H and O–H groups in total. The minimum absolute atomic E-state index is 0.943. The summed E-state index contributed by atoms with van der Waals surface area (Å²) in [5, 5.41) is 1.22. The van der Waals surface area contributed by atoms with Gasteiger partial charge in [-0.3, -0.25) is 0 Å². The third-order valence-corrected chi connectivity index (χ3v) is 4.57. The topological polar surface area (TPSA) is 0 Å². The van der Waals surface area contributed by atoms with Crippen molar-refractivity contribution in [1.82, 2.24) is 0 Å². The lowest BCUT2D eigenvalue weighted by Gasteiger charge is -2.13. The van der Waals surface area contributed by atoms with Crippen molar-refractivity contribution < 1.29 is 0 Å². The lowest BCUT2D eigenvalue weighted by Crippen LogP contribution is -2.02. The summed E-state index contributed by atoms with van der Waals surface area (Å²) in [4.78, 5) is 0.